The second-order valence-corrected chi connectivity index (χ2v) is 11.1. The maximum Gasteiger partial charge on any atom is 0.412 e. The molecule has 0 aliphatic rings. The van der Waals surface area contributed by atoms with E-state index in [4.69, 9.17) is 28.4 Å². The number of carbonyl (C=O) groups is 2. The summed E-state index contributed by atoms with van der Waals surface area (Å²) < 4.78 is 35.7. The standard InChI is InChI=1S/C40H40N2O8/c1-3-23-45-25-31(49-39(43)41-29-15-7-5-8-16-29)27-47-37-33-19-11-13-21-35(33)38(36-22-14-12-20-34(36)37)48-28-32(26-46-24-4-2)50-40(44)42-30-17-9-6-10-18-30/h3-22,31-32H,1-2,23-28H2,(H,41,43)(H,42,44). The highest BCUT2D eigenvalue weighted by atomic mass is 16.6. The minimum atomic E-state index is -0.734. The van der Waals surface area contributed by atoms with Crippen LogP contribution < -0.4 is 20.1 Å². The van der Waals surface area contributed by atoms with Crippen molar-refractivity contribution in [2.45, 2.75) is 12.2 Å². The number of hydrogen-bond donors (Lipinski definition) is 2. The van der Waals surface area contributed by atoms with Gasteiger partial charge < -0.3 is 28.4 Å². The summed E-state index contributed by atoms with van der Waals surface area (Å²) in [6, 6.07) is 33.4. The highest BCUT2D eigenvalue weighted by molar-refractivity contribution is 6.11. The van der Waals surface area contributed by atoms with Crippen LogP contribution >= 0.6 is 0 Å². The maximum atomic E-state index is 12.8. The Hall–Kier alpha value is -5.84. The van der Waals surface area contributed by atoms with Crippen LogP contribution in [-0.4, -0.2) is 64.0 Å². The smallest absolute Gasteiger partial charge is 0.412 e. The highest BCUT2D eigenvalue weighted by Gasteiger charge is 2.22. The molecule has 0 fully saturated rings. The van der Waals surface area contributed by atoms with Gasteiger partial charge >= 0.3 is 12.2 Å². The molecular formula is C40H40N2O8. The number of nitrogens with one attached hydrogen (secondary N) is 2. The molecule has 5 aromatic rings. The Labute approximate surface area is 291 Å². The summed E-state index contributed by atoms with van der Waals surface area (Å²) in [5.41, 5.74) is 1.21. The van der Waals surface area contributed by atoms with Crippen molar-refractivity contribution in [1.29, 1.82) is 0 Å². The lowest BCUT2D eigenvalue weighted by molar-refractivity contribution is 0.0107. The van der Waals surface area contributed by atoms with E-state index in [0.717, 1.165) is 21.5 Å². The lowest BCUT2D eigenvalue weighted by Gasteiger charge is -2.23. The van der Waals surface area contributed by atoms with Gasteiger partial charge in [0, 0.05) is 32.9 Å². The number of fused-ring (bicyclic) bond motifs is 2. The molecule has 0 radical (unpaired) electrons. The van der Waals surface area contributed by atoms with Crippen molar-refractivity contribution in [2.24, 2.45) is 0 Å². The predicted octanol–water partition coefficient (Wildman–Crippen LogP) is 8.39. The zero-order chi connectivity index (χ0) is 35.0. The van der Waals surface area contributed by atoms with Crippen LogP contribution in [0.2, 0.25) is 0 Å². The van der Waals surface area contributed by atoms with E-state index in [2.05, 4.69) is 23.8 Å². The SMILES string of the molecule is C=CCOCC(COc1c2ccccc2c(OCC(COCC=C)OC(=O)Nc2ccccc2)c2ccccc12)OC(=O)Nc1ccccc1. The molecule has 0 aromatic heterocycles. The summed E-state index contributed by atoms with van der Waals surface area (Å²) >= 11 is 0. The van der Waals surface area contributed by atoms with Gasteiger partial charge in [0.25, 0.3) is 0 Å². The van der Waals surface area contributed by atoms with Gasteiger partial charge in [-0.3, -0.25) is 10.6 Å². The minimum Gasteiger partial charge on any atom is -0.488 e. The maximum absolute atomic E-state index is 12.8. The fourth-order valence-corrected chi connectivity index (χ4v) is 5.15. The van der Waals surface area contributed by atoms with E-state index < -0.39 is 24.4 Å². The Bertz CT molecular complexity index is 1670. The number of carbonyl (C=O) groups excluding carboxylic acids is 2. The lowest BCUT2D eigenvalue weighted by atomic mass is 10.0. The van der Waals surface area contributed by atoms with Gasteiger partial charge in [-0.05, 0) is 24.3 Å². The van der Waals surface area contributed by atoms with E-state index in [1.165, 1.54) is 0 Å². The first-order chi connectivity index (χ1) is 24.6. The van der Waals surface area contributed by atoms with Gasteiger partial charge in [0.1, 0.15) is 24.7 Å². The van der Waals surface area contributed by atoms with Crippen LogP contribution in [-0.2, 0) is 18.9 Å². The van der Waals surface area contributed by atoms with E-state index in [1.807, 2.05) is 84.9 Å². The molecule has 2 unspecified atom stereocenters. The van der Waals surface area contributed by atoms with Crippen LogP contribution in [0.25, 0.3) is 21.5 Å². The number of ether oxygens (including phenoxy) is 6. The molecule has 5 aromatic carbocycles. The van der Waals surface area contributed by atoms with E-state index >= 15 is 0 Å². The normalized spacial score (nSPS) is 12.0. The monoisotopic (exact) mass is 676 g/mol. The van der Waals surface area contributed by atoms with E-state index in [-0.39, 0.29) is 39.6 Å². The number of amides is 2. The number of para-hydroxylation sites is 2. The Kier molecular flexibility index (Phi) is 13.2. The minimum absolute atomic E-state index is 0.0145. The van der Waals surface area contributed by atoms with Crippen molar-refractivity contribution in [2.75, 3.05) is 50.3 Å². The number of anilines is 2. The molecule has 10 nitrogen and oxygen atoms in total. The predicted molar refractivity (Wildman–Crippen MR) is 195 cm³/mol. The van der Waals surface area contributed by atoms with Crippen molar-refractivity contribution in [3.63, 3.8) is 0 Å². The molecule has 2 amide bonds. The van der Waals surface area contributed by atoms with Gasteiger partial charge in [0.15, 0.2) is 12.2 Å². The van der Waals surface area contributed by atoms with E-state index in [9.17, 15) is 9.59 Å². The molecule has 0 saturated carbocycles. The molecule has 2 N–H and O–H groups in total. The van der Waals surface area contributed by atoms with Gasteiger partial charge in [0.05, 0.1) is 26.4 Å². The van der Waals surface area contributed by atoms with Crippen LogP contribution in [0, 0.1) is 0 Å². The first-order valence-electron chi connectivity index (χ1n) is 16.2. The van der Waals surface area contributed by atoms with Gasteiger partial charge in [-0.2, -0.15) is 0 Å². The van der Waals surface area contributed by atoms with Crippen molar-refractivity contribution >= 4 is 45.1 Å². The summed E-state index contributed by atoms with van der Waals surface area (Å²) in [4.78, 5) is 25.5. The first-order valence-corrected chi connectivity index (χ1v) is 16.2. The number of benzene rings is 5. The Morgan fingerprint density at radius 3 is 1.20 bits per heavy atom. The fraction of sp³-hybridized carbons (Fsp3) is 0.200. The fourth-order valence-electron chi connectivity index (χ4n) is 5.15. The second kappa shape index (κ2) is 18.6. The Morgan fingerprint density at radius 1 is 0.520 bits per heavy atom. The summed E-state index contributed by atoms with van der Waals surface area (Å²) in [6.07, 6.45) is 0.524. The van der Waals surface area contributed by atoms with Crippen LogP contribution in [0.3, 0.4) is 0 Å². The summed E-state index contributed by atoms with van der Waals surface area (Å²) in [7, 11) is 0. The zero-order valence-electron chi connectivity index (χ0n) is 27.6. The molecule has 10 heteroatoms. The van der Waals surface area contributed by atoms with Gasteiger partial charge in [-0.15, -0.1) is 13.2 Å². The molecule has 258 valence electrons. The van der Waals surface area contributed by atoms with E-state index in [1.54, 1.807) is 36.4 Å². The summed E-state index contributed by atoms with van der Waals surface area (Å²) in [6.45, 7) is 8.18. The molecule has 0 saturated heterocycles. The average molecular weight is 677 g/mol. The third-order valence-corrected chi connectivity index (χ3v) is 7.33. The zero-order valence-corrected chi connectivity index (χ0v) is 27.6. The molecule has 50 heavy (non-hydrogen) atoms. The Morgan fingerprint density at radius 2 is 0.860 bits per heavy atom. The highest BCUT2D eigenvalue weighted by Crippen LogP contribution is 2.42. The van der Waals surface area contributed by atoms with Crippen molar-refractivity contribution in [3.05, 3.63) is 135 Å². The quantitative estimate of drug-likeness (QED) is 0.0541. The van der Waals surface area contributed by atoms with Crippen LogP contribution in [0.1, 0.15) is 0 Å². The van der Waals surface area contributed by atoms with Gasteiger partial charge in [-0.1, -0.05) is 97.1 Å². The molecule has 0 heterocycles. The molecule has 2 atom stereocenters. The van der Waals surface area contributed by atoms with Crippen LogP contribution in [0.4, 0.5) is 21.0 Å². The van der Waals surface area contributed by atoms with Crippen molar-refractivity contribution < 1.29 is 38.0 Å². The number of rotatable bonds is 18. The summed E-state index contributed by atoms with van der Waals surface area (Å²) in [5.74, 6) is 1.18. The molecule has 0 bridgehead atoms. The molecule has 0 spiro atoms. The van der Waals surface area contributed by atoms with E-state index in [0.29, 0.717) is 22.9 Å². The molecular weight excluding hydrogens is 636 g/mol. The average Bonchev–Trinajstić information content (AvgIpc) is 3.13. The van der Waals surface area contributed by atoms with Gasteiger partial charge in [-0.25, -0.2) is 9.59 Å². The lowest BCUT2D eigenvalue weighted by Crippen LogP contribution is -2.32. The van der Waals surface area contributed by atoms with Crippen LogP contribution in [0.5, 0.6) is 11.5 Å². The largest absolute Gasteiger partial charge is 0.488 e. The topological polar surface area (TPSA) is 114 Å². The second-order valence-electron chi connectivity index (χ2n) is 11.1. The summed E-state index contributed by atoms with van der Waals surface area (Å²) in [5, 5.41) is 8.59. The van der Waals surface area contributed by atoms with Crippen molar-refractivity contribution in [1.82, 2.24) is 0 Å². The Balaban J connectivity index is 1.37. The first kappa shape index (κ1) is 35.5. The van der Waals surface area contributed by atoms with Gasteiger partial charge in [0.2, 0.25) is 0 Å². The molecule has 0 aliphatic heterocycles. The third kappa shape index (κ3) is 10.1. The van der Waals surface area contributed by atoms with Crippen molar-refractivity contribution in [3.8, 4) is 11.5 Å². The van der Waals surface area contributed by atoms with Crippen LogP contribution in [0.15, 0.2) is 135 Å². The third-order valence-electron chi connectivity index (χ3n) is 7.33. The molecule has 0 aliphatic carbocycles. The molecule has 5 rings (SSSR count). The number of hydrogen-bond acceptors (Lipinski definition) is 8.